The number of hydrogen-bond acceptors (Lipinski definition) is 8. The van der Waals surface area contributed by atoms with Crippen molar-refractivity contribution in [1.29, 1.82) is 0 Å². The van der Waals surface area contributed by atoms with Crippen LogP contribution >= 0.6 is 0 Å². The first-order chi connectivity index (χ1) is 21.2. The summed E-state index contributed by atoms with van der Waals surface area (Å²) in [6.45, 7) is 11.5. The van der Waals surface area contributed by atoms with Crippen molar-refractivity contribution in [2.24, 2.45) is 38.3 Å². The number of allylic oxidation sites excluding steroid dienone is 2. The van der Waals surface area contributed by atoms with Gasteiger partial charge in [0.05, 0.1) is 19.1 Å². The van der Waals surface area contributed by atoms with Crippen LogP contribution in [0, 0.1) is 23.2 Å². The van der Waals surface area contributed by atoms with Gasteiger partial charge in [-0.25, -0.2) is 10.0 Å². The van der Waals surface area contributed by atoms with E-state index in [4.69, 9.17) is 19.8 Å². The number of ether oxygens (including phenoxy) is 1. The molecule has 0 aromatic rings. The Labute approximate surface area is 266 Å². The number of hydrazone groups is 1. The molecule has 4 bridgehead atoms. The number of carbonyl (C=O) groups is 1. The molecule has 0 aromatic heterocycles. The van der Waals surface area contributed by atoms with Crippen molar-refractivity contribution in [1.82, 2.24) is 19.9 Å². The highest BCUT2D eigenvalue weighted by molar-refractivity contribution is 7.93. The molecule has 4 aliphatic heterocycles. The molecule has 11 heteroatoms. The summed E-state index contributed by atoms with van der Waals surface area (Å²) in [4.78, 5) is 26.2. The summed E-state index contributed by atoms with van der Waals surface area (Å²) in [7, 11) is 0. The number of nitrogens with one attached hydrogen (secondary N) is 2. The highest BCUT2D eigenvalue weighted by Crippen LogP contribution is 2.65. The summed E-state index contributed by atoms with van der Waals surface area (Å²) in [5.74, 6) is 3.54. The maximum atomic E-state index is 13.9. The van der Waals surface area contributed by atoms with E-state index < -0.39 is 17.3 Å². The van der Waals surface area contributed by atoms with Crippen molar-refractivity contribution in [3.63, 3.8) is 0 Å². The van der Waals surface area contributed by atoms with Crippen molar-refractivity contribution in [3.05, 3.63) is 23.0 Å². The molecule has 0 aromatic carbocycles. The number of aliphatic imine (C=N–C) groups is 2. The Morgan fingerprint density at radius 3 is 2.84 bits per heavy atom. The van der Waals surface area contributed by atoms with Crippen LogP contribution in [0.25, 0.3) is 0 Å². The molecule has 10 nitrogen and oxygen atoms in total. The van der Waals surface area contributed by atoms with E-state index in [2.05, 4.69) is 28.8 Å². The molecule has 2 aliphatic carbocycles. The zero-order chi connectivity index (χ0) is 30.9. The Hall–Kier alpha value is -2.53. The van der Waals surface area contributed by atoms with Gasteiger partial charge in [-0.05, 0) is 114 Å². The smallest absolute Gasteiger partial charge is 0.272 e. The first-order valence-corrected chi connectivity index (χ1v) is 18.1. The Kier molecular flexibility index (Phi) is 9.34. The lowest BCUT2D eigenvalue weighted by Crippen LogP contribution is -2.51. The maximum absolute atomic E-state index is 13.9. The van der Waals surface area contributed by atoms with Crippen LogP contribution in [0.3, 0.4) is 0 Å². The van der Waals surface area contributed by atoms with Crippen LogP contribution in [0.5, 0.6) is 0 Å². The summed E-state index contributed by atoms with van der Waals surface area (Å²) < 4.78 is 22.3. The summed E-state index contributed by atoms with van der Waals surface area (Å²) in [6.07, 6.45) is 16.5. The van der Waals surface area contributed by atoms with Gasteiger partial charge in [0, 0.05) is 31.5 Å². The molecule has 3 fully saturated rings. The normalized spacial score (nSPS) is 32.6. The quantitative estimate of drug-likeness (QED) is 0.393. The van der Waals surface area contributed by atoms with Crippen molar-refractivity contribution in [2.45, 2.75) is 110 Å². The number of amidine groups is 2. The highest BCUT2D eigenvalue weighted by Gasteiger charge is 2.54. The third-order valence-corrected chi connectivity index (χ3v) is 11.8. The summed E-state index contributed by atoms with van der Waals surface area (Å²) in [5, 5.41) is 10.5. The largest absolute Gasteiger partial charge is 0.587 e. The number of amides is 1. The standard InChI is InChI=1S/C33H51N7O3S/c1-5-25-30(36-27(6-2)40-19-13-28(37-40)43-20-14-24-12-15-33(24)16-17-33)39-22-23(21-32(39,3)4)9-8-18-34-26-10-7-11-29(35-26)44(42)38-31(25)41/h6,11,23-25H,5,7-10,12-22H2,1-4H3,(H,34,35)(H,38,41)/b27-6+,36-30?/t23-,24?,25?,44?/m0/s1. The fourth-order valence-corrected chi connectivity index (χ4v) is 8.79. The van der Waals surface area contributed by atoms with Gasteiger partial charge in [-0.3, -0.25) is 9.79 Å². The lowest BCUT2D eigenvalue weighted by atomic mass is 9.69. The van der Waals surface area contributed by atoms with Gasteiger partial charge in [0.1, 0.15) is 28.9 Å². The minimum atomic E-state index is -1.70. The molecule has 242 valence electrons. The van der Waals surface area contributed by atoms with E-state index in [-0.39, 0.29) is 11.4 Å². The van der Waals surface area contributed by atoms with Crippen molar-refractivity contribution in [2.75, 3.05) is 26.2 Å². The molecule has 3 unspecified atom stereocenters. The average molecular weight is 626 g/mol. The van der Waals surface area contributed by atoms with Crippen LogP contribution in [0.1, 0.15) is 105 Å². The van der Waals surface area contributed by atoms with Gasteiger partial charge < -0.3 is 19.5 Å². The van der Waals surface area contributed by atoms with E-state index in [1.165, 1.54) is 25.7 Å². The fraction of sp³-hybridized carbons (Fsp3) is 0.758. The predicted molar refractivity (Wildman–Crippen MR) is 176 cm³/mol. The molecule has 6 rings (SSSR count). The minimum absolute atomic E-state index is 0.179. The average Bonchev–Trinajstić information content (AvgIpc) is 3.62. The van der Waals surface area contributed by atoms with E-state index in [0.29, 0.717) is 35.1 Å². The lowest BCUT2D eigenvalue weighted by Gasteiger charge is -2.37. The second kappa shape index (κ2) is 13.1. The van der Waals surface area contributed by atoms with E-state index in [1.54, 1.807) is 0 Å². The lowest BCUT2D eigenvalue weighted by molar-refractivity contribution is -0.121. The van der Waals surface area contributed by atoms with Crippen LogP contribution in [0.2, 0.25) is 0 Å². The van der Waals surface area contributed by atoms with Gasteiger partial charge in [0.25, 0.3) is 5.91 Å². The first-order valence-electron chi connectivity index (χ1n) is 16.9. The Morgan fingerprint density at radius 2 is 2.11 bits per heavy atom. The second-order valence-electron chi connectivity index (χ2n) is 14.1. The Morgan fingerprint density at radius 1 is 1.27 bits per heavy atom. The first kappa shape index (κ1) is 31.5. The third-order valence-electron chi connectivity index (χ3n) is 10.7. The monoisotopic (exact) mass is 625 g/mol. The molecular weight excluding hydrogens is 574 g/mol. The van der Waals surface area contributed by atoms with E-state index in [1.807, 2.05) is 31.0 Å². The number of rotatable bonds is 6. The number of nitrogens with zero attached hydrogens (tertiary/aromatic N) is 5. The van der Waals surface area contributed by atoms with Gasteiger partial charge in [-0.15, -0.1) is 5.10 Å². The highest BCUT2D eigenvalue weighted by atomic mass is 32.2. The molecule has 6 aliphatic rings. The molecule has 4 heterocycles. The van der Waals surface area contributed by atoms with E-state index in [0.717, 1.165) is 88.1 Å². The number of fused-ring (bicyclic) bond motifs is 4. The zero-order valence-electron chi connectivity index (χ0n) is 27.1. The molecule has 0 radical (unpaired) electrons. The van der Waals surface area contributed by atoms with Crippen LogP contribution in [-0.4, -0.2) is 69.7 Å². The predicted octanol–water partition coefficient (Wildman–Crippen LogP) is 5.19. The van der Waals surface area contributed by atoms with E-state index >= 15 is 0 Å². The van der Waals surface area contributed by atoms with Gasteiger partial charge in [-0.2, -0.15) is 4.72 Å². The zero-order valence-corrected chi connectivity index (χ0v) is 27.9. The van der Waals surface area contributed by atoms with E-state index in [9.17, 15) is 9.35 Å². The number of hydrogen-bond donors (Lipinski definition) is 2. The van der Waals surface area contributed by atoms with Crippen molar-refractivity contribution in [3.8, 4) is 0 Å². The third kappa shape index (κ3) is 6.69. The van der Waals surface area contributed by atoms with Crippen LogP contribution in [0.15, 0.2) is 38.1 Å². The van der Waals surface area contributed by atoms with Crippen molar-refractivity contribution < 1.29 is 14.1 Å². The fourth-order valence-electron chi connectivity index (χ4n) is 7.88. The second-order valence-corrected chi connectivity index (χ2v) is 15.3. The molecule has 2 N–H and O–H groups in total. The Balaban J connectivity index is 1.23. The minimum Gasteiger partial charge on any atom is -0.587 e. The van der Waals surface area contributed by atoms with Gasteiger partial charge in [0.15, 0.2) is 0 Å². The van der Waals surface area contributed by atoms with Crippen LogP contribution in [-0.2, 0) is 20.9 Å². The molecule has 1 saturated heterocycles. The Bertz CT molecular complexity index is 1250. The molecular formula is C33H51N7O3S. The molecule has 2 saturated carbocycles. The van der Waals surface area contributed by atoms with Crippen molar-refractivity contribution >= 4 is 34.8 Å². The topological polar surface area (TPSA) is 117 Å². The molecule has 1 spiro atoms. The summed E-state index contributed by atoms with van der Waals surface area (Å²) in [5.41, 5.74) is 0.492. The van der Waals surface area contributed by atoms with Crippen LogP contribution in [0.4, 0.5) is 0 Å². The number of carbonyl (C=O) groups excluding carboxylic acids is 1. The van der Waals surface area contributed by atoms with Gasteiger partial charge >= 0.3 is 0 Å². The molecule has 44 heavy (non-hydrogen) atoms. The van der Waals surface area contributed by atoms with Gasteiger partial charge in [-0.1, -0.05) is 6.92 Å². The molecule has 1 amide bonds. The summed E-state index contributed by atoms with van der Waals surface area (Å²) in [6, 6.07) is 0. The SMILES string of the molecule is C/C=C(\N=C1C(CC)C(=O)N[S+]([O-])C2=CCCC(=NCCC[C@@H]3CN1C(C)(C)C3)N2)N1CCC(OCCC2CCC23CC3)=N1. The molecule has 4 atom stereocenters. The maximum Gasteiger partial charge on any atom is 0.272 e. The summed E-state index contributed by atoms with van der Waals surface area (Å²) >= 11 is -1.70. The van der Waals surface area contributed by atoms with Crippen LogP contribution < -0.4 is 10.0 Å². The van der Waals surface area contributed by atoms with Gasteiger partial charge in [0.2, 0.25) is 10.9 Å².